The summed E-state index contributed by atoms with van der Waals surface area (Å²) in [5.41, 5.74) is 2.63. The highest BCUT2D eigenvalue weighted by Crippen LogP contribution is 1.99. The molecule has 1 amide bonds. The Hall–Kier alpha value is -1.73. The van der Waals surface area contributed by atoms with Crippen LogP contribution in [-0.4, -0.2) is 47.7 Å². The summed E-state index contributed by atoms with van der Waals surface area (Å²) < 4.78 is 0. The lowest BCUT2D eigenvalue weighted by molar-refractivity contribution is 0.0944. The number of rotatable bonds is 6. The number of aromatic nitrogens is 2. The molecule has 1 aromatic heterocycles. The Morgan fingerprint density at radius 2 is 2.24 bits per heavy atom. The number of hydrazine groups is 1. The third-order valence-corrected chi connectivity index (χ3v) is 2.36. The van der Waals surface area contributed by atoms with Crippen molar-refractivity contribution in [2.24, 2.45) is 5.84 Å². The molecule has 0 fully saturated rings. The van der Waals surface area contributed by atoms with Gasteiger partial charge in [-0.1, -0.05) is 6.92 Å². The number of hydrogen-bond donors (Lipinski definition) is 3. The molecule has 0 radical (unpaired) electrons. The van der Waals surface area contributed by atoms with Gasteiger partial charge in [0, 0.05) is 13.1 Å². The van der Waals surface area contributed by atoms with Gasteiger partial charge in [0.15, 0.2) is 11.5 Å². The Bertz CT molecular complexity index is 352. The summed E-state index contributed by atoms with van der Waals surface area (Å²) in [6, 6.07) is 3.17. The average molecular weight is 238 g/mol. The summed E-state index contributed by atoms with van der Waals surface area (Å²) in [7, 11) is 1.99. The first kappa shape index (κ1) is 13.3. The van der Waals surface area contributed by atoms with Crippen LogP contribution in [-0.2, 0) is 0 Å². The summed E-state index contributed by atoms with van der Waals surface area (Å²) in [5, 5.41) is 10.2. The van der Waals surface area contributed by atoms with Crippen LogP contribution in [0.4, 0.5) is 5.82 Å². The van der Waals surface area contributed by atoms with Crippen LogP contribution in [0, 0.1) is 0 Å². The molecule has 0 saturated heterocycles. The molecule has 0 aliphatic carbocycles. The quantitative estimate of drug-likeness (QED) is 0.454. The first-order valence-electron chi connectivity index (χ1n) is 5.44. The molecule has 1 heterocycles. The number of hydrogen-bond acceptors (Lipinski definition) is 6. The van der Waals surface area contributed by atoms with Gasteiger partial charge in [-0.2, -0.15) is 0 Å². The molecule has 0 atom stereocenters. The minimum atomic E-state index is -0.231. The second-order valence-electron chi connectivity index (χ2n) is 3.60. The molecule has 0 spiro atoms. The number of amides is 1. The minimum Gasteiger partial charge on any atom is -0.349 e. The molecule has 7 heteroatoms. The highest BCUT2D eigenvalue weighted by molar-refractivity contribution is 5.92. The molecule has 0 aromatic carbocycles. The van der Waals surface area contributed by atoms with Gasteiger partial charge in [-0.05, 0) is 25.7 Å². The van der Waals surface area contributed by atoms with Crippen molar-refractivity contribution in [3.63, 3.8) is 0 Å². The van der Waals surface area contributed by atoms with Crippen LogP contribution in [0.15, 0.2) is 12.1 Å². The van der Waals surface area contributed by atoms with Crippen LogP contribution >= 0.6 is 0 Å². The van der Waals surface area contributed by atoms with Crippen LogP contribution in [0.5, 0.6) is 0 Å². The molecule has 0 bridgehead atoms. The van der Waals surface area contributed by atoms with Gasteiger partial charge < -0.3 is 15.6 Å². The number of nitrogens with zero attached hydrogens (tertiary/aromatic N) is 3. The van der Waals surface area contributed by atoms with E-state index in [2.05, 4.69) is 32.8 Å². The molecular weight excluding hydrogens is 220 g/mol. The molecule has 0 aliphatic heterocycles. The highest BCUT2D eigenvalue weighted by Gasteiger charge is 2.07. The van der Waals surface area contributed by atoms with Crippen LogP contribution in [0.25, 0.3) is 0 Å². The van der Waals surface area contributed by atoms with Crippen molar-refractivity contribution < 1.29 is 4.79 Å². The lowest BCUT2D eigenvalue weighted by Gasteiger charge is -2.13. The van der Waals surface area contributed by atoms with E-state index in [9.17, 15) is 4.79 Å². The number of nitrogens with two attached hydrogens (primary N) is 1. The predicted molar refractivity (Wildman–Crippen MR) is 65.3 cm³/mol. The molecular formula is C10H18N6O. The van der Waals surface area contributed by atoms with E-state index in [1.807, 2.05) is 7.05 Å². The van der Waals surface area contributed by atoms with Crippen molar-refractivity contribution in [3.05, 3.63) is 17.8 Å². The molecule has 4 N–H and O–H groups in total. The van der Waals surface area contributed by atoms with Gasteiger partial charge in [0.1, 0.15) is 0 Å². The van der Waals surface area contributed by atoms with E-state index in [0.29, 0.717) is 12.4 Å². The Morgan fingerprint density at radius 3 is 2.76 bits per heavy atom. The zero-order chi connectivity index (χ0) is 12.7. The van der Waals surface area contributed by atoms with Crippen molar-refractivity contribution in [3.8, 4) is 0 Å². The Labute approximate surface area is 100 Å². The van der Waals surface area contributed by atoms with Crippen molar-refractivity contribution >= 4 is 11.7 Å². The standard InChI is InChI=1S/C10H18N6O/c1-3-16(2)7-6-12-10(17)8-4-5-9(13-11)15-14-8/h4-5H,3,6-7,11H2,1-2H3,(H,12,17)(H,13,15). The smallest absolute Gasteiger partial charge is 0.271 e. The van der Waals surface area contributed by atoms with E-state index in [0.717, 1.165) is 13.1 Å². The van der Waals surface area contributed by atoms with Gasteiger partial charge in [-0.15, -0.1) is 10.2 Å². The average Bonchev–Trinajstić information content (AvgIpc) is 2.38. The fourth-order valence-electron chi connectivity index (χ4n) is 1.14. The molecule has 0 aliphatic rings. The first-order valence-corrected chi connectivity index (χ1v) is 5.44. The lowest BCUT2D eigenvalue weighted by Crippen LogP contribution is -2.33. The van der Waals surface area contributed by atoms with E-state index in [-0.39, 0.29) is 11.6 Å². The monoisotopic (exact) mass is 238 g/mol. The third-order valence-electron chi connectivity index (χ3n) is 2.36. The normalized spacial score (nSPS) is 10.4. The van der Waals surface area contributed by atoms with Crippen LogP contribution in [0.1, 0.15) is 17.4 Å². The number of nitrogens with one attached hydrogen (secondary N) is 2. The zero-order valence-corrected chi connectivity index (χ0v) is 10.1. The van der Waals surface area contributed by atoms with Crippen LogP contribution in [0.3, 0.4) is 0 Å². The summed E-state index contributed by atoms with van der Waals surface area (Å²) in [6.45, 7) is 4.40. The van der Waals surface area contributed by atoms with Gasteiger partial charge >= 0.3 is 0 Å². The fourth-order valence-corrected chi connectivity index (χ4v) is 1.14. The fraction of sp³-hybridized carbons (Fsp3) is 0.500. The van der Waals surface area contributed by atoms with Gasteiger partial charge in [0.2, 0.25) is 0 Å². The molecule has 0 saturated carbocycles. The maximum Gasteiger partial charge on any atom is 0.271 e. The molecule has 7 nitrogen and oxygen atoms in total. The third kappa shape index (κ3) is 4.33. The molecule has 17 heavy (non-hydrogen) atoms. The van der Waals surface area contributed by atoms with Gasteiger partial charge in [-0.25, -0.2) is 5.84 Å². The first-order chi connectivity index (χ1) is 8.17. The van der Waals surface area contributed by atoms with E-state index in [4.69, 9.17) is 5.84 Å². The molecule has 1 rings (SSSR count). The van der Waals surface area contributed by atoms with Gasteiger partial charge in [0.25, 0.3) is 5.91 Å². The second kappa shape index (κ2) is 6.77. The maximum atomic E-state index is 11.6. The lowest BCUT2D eigenvalue weighted by atomic mass is 10.3. The van der Waals surface area contributed by atoms with Gasteiger partial charge in [-0.3, -0.25) is 4.79 Å². The molecule has 94 valence electrons. The minimum absolute atomic E-state index is 0.231. The van der Waals surface area contributed by atoms with E-state index >= 15 is 0 Å². The van der Waals surface area contributed by atoms with Crippen LogP contribution < -0.4 is 16.6 Å². The van der Waals surface area contributed by atoms with Crippen molar-refractivity contribution in [2.45, 2.75) is 6.92 Å². The predicted octanol–water partition coefficient (Wildman–Crippen LogP) is -0.556. The SMILES string of the molecule is CCN(C)CCNC(=O)c1ccc(NN)nn1. The van der Waals surface area contributed by atoms with Crippen molar-refractivity contribution in [2.75, 3.05) is 32.1 Å². The van der Waals surface area contributed by atoms with Gasteiger partial charge in [0.05, 0.1) is 0 Å². The zero-order valence-electron chi connectivity index (χ0n) is 10.1. The number of likely N-dealkylation sites (N-methyl/N-ethyl adjacent to an activating group) is 1. The number of nitrogen functional groups attached to an aromatic ring is 1. The maximum absolute atomic E-state index is 11.6. The summed E-state index contributed by atoms with van der Waals surface area (Å²) in [4.78, 5) is 13.7. The van der Waals surface area contributed by atoms with Crippen LogP contribution in [0.2, 0.25) is 0 Å². The second-order valence-corrected chi connectivity index (χ2v) is 3.60. The Kier molecular flexibility index (Phi) is 5.31. The molecule has 0 unspecified atom stereocenters. The van der Waals surface area contributed by atoms with E-state index in [1.54, 1.807) is 12.1 Å². The summed E-state index contributed by atoms with van der Waals surface area (Å²) >= 11 is 0. The summed E-state index contributed by atoms with van der Waals surface area (Å²) in [6.07, 6.45) is 0. The Morgan fingerprint density at radius 1 is 1.47 bits per heavy atom. The topological polar surface area (TPSA) is 96.2 Å². The van der Waals surface area contributed by atoms with Crippen molar-refractivity contribution in [1.29, 1.82) is 0 Å². The largest absolute Gasteiger partial charge is 0.349 e. The van der Waals surface area contributed by atoms with Crippen molar-refractivity contribution in [1.82, 2.24) is 20.4 Å². The Balaban J connectivity index is 2.41. The number of carbonyl (C=O) groups excluding carboxylic acids is 1. The summed E-state index contributed by atoms with van der Waals surface area (Å²) in [5.74, 6) is 5.34. The molecule has 1 aromatic rings. The number of anilines is 1. The van der Waals surface area contributed by atoms with E-state index in [1.165, 1.54) is 0 Å². The van der Waals surface area contributed by atoms with E-state index < -0.39 is 0 Å². The highest BCUT2D eigenvalue weighted by atomic mass is 16.1. The number of carbonyl (C=O) groups is 1.